The van der Waals surface area contributed by atoms with Crippen molar-refractivity contribution < 1.29 is 23.2 Å². The van der Waals surface area contributed by atoms with E-state index in [4.69, 9.17) is 0 Å². The molecule has 3 N–H and O–H groups in total. The van der Waals surface area contributed by atoms with Crippen molar-refractivity contribution in [1.82, 2.24) is 0 Å². The largest absolute Gasteiger partial charge is 0.508 e. The van der Waals surface area contributed by atoms with Gasteiger partial charge in [-0.15, -0.1) is 10.2 Å². The SMILES string of the molecule is O=S(=O)(O)c1cc(O)c(N=Nc2cccc3ccc(O)cc23)c2ccccc12. The fourth-order valence-corrected chi connectivity index (χ4v) is 3.78. The van der Waals surface area contributed by atoms with Gasteiger partial charge >= 0.3 is 0 Å². The summed E-state index contributed by atoms with van der Waals surface area (Å²) in [6, 6.07) is 17.5. The Hall–Kier alpha value is -3.49. The van der Waals surface area contributed by atoms with Crippen molar-refractivity contribution in [2.24, 2.45) is 10.2 Å². The molecule has 0 heterocycles. The van der Waals surface area contributed by atoms with Gasteiger partial charge < -0.3 is 10.2 Å². The predicted molar refractivity (Wildman–Crippen MR) is 105 cm³/mol. The first-order valence-corrected chi connectivity index (χ1v) is 9.64. The van der Waals surface area contributed by atoms with Gasteiger partial charge in [-0.25, -0.2) is 0 Å². The van der Waals surface area contributed by atoms with Gasteiger partial charge in [0.2, 0.25) is 0 Å². The third-order valence-corrected chi connectivity index (χ3v) is 5.23. The summed E-state index contributed by atoms with van der Waals surface area (Å²) in [5.41, 5.74) is 0.538. The number of hydrogen-bond donors (Lipinski definition) is 3. The Labute approximate surface area is 160 Å². The van der Waals surface area contributed by atoms with Crippen LogP contribution in [0.25, 0.3) is 21.5 Å². The molecule has 0 aromatic heterocycles. The molecule has 8 heteroatoms. The Kier molecular flexibility index (Phi) is 4.21. The first-order chi connectivity index (χ1) is 13.3. The lowest BCUT2D eigenvalue weighted by atomic mass is 10.1. The van der Waals surface area contributed by atoms with Gasteiger partial charge in [0.1, 0.15) is 22.1 Å². The minimum Gasteiger partial charge on any atom is -0.508 e. The third kappa shape index (κ3) is 3.15. The van der Waals surface area contributed by atoms with Gasteiger partial charge in [0.05, 0.1) is 5.69 Å². The molecular formula is C20H14N2O5S. The van der Waals surface area contributed by atoms with Crippen LogP contribution in [0.5, 0.6) is 11.5 Å². The molecule has 0 aliphatic carbocycles. The zero-order chi connectivity index (χ0) is 19.9. The highest BCUT2D eigenvalue weighted by Gasteiger charge is 2.19. The number of hydrogen-bond acceptors (Lipinski definition) is 6. The maximum atomic E-state index is 11.6. The second-order valence-electron chi connectivity index (χ2n) is 6.15. The number of benzene rings is 4. The Morgan fingerprint density at radius 1 is 0.750 bits per heavy atom. The van der Waals surface area contributed by atoms with E-state index in [0.717, 1.165) is 11.5 Å². The van der Waals surface area contributed by atoms with Gasteiger partial charge in [-0.1, -0.05) is 42.5 Å². The summed E-state index contributed by atoms with van der Waals surface area (Å²) in [7, 11) is -4.53. The number of aromatic hydroxyl groups is 2. The van der Waals surface area contributed by atoms with E-state index < -0.39 is 20.8 Å². The average Bonchev–Trinajstić information content (AvgIpc) is 2.66. The fraction of sp³-hybridized carbons (Fsp3) is 0. The lowest BCUT2D eigenvalue weighted by Crippen LogP contribution is -1.99. The van der Waals surface area contributed by atoms with E-state index in [9.17, 15) is 23.2 Å². The van der Waals surface area contributed by atoms with Gasteiger partial charge in [0.25, 0.3) is 10.1 Å². The molecule has 28 heavy (non-hydrogen) atoms. The summed E-state index contributed by atoms with van der Waals surface area (Å²) in [5, 5.41) is 30.4. The summed E-state index contributed by atoms with van der Waals surface area (Å²) >= 11 is 0. The number of phenolic OH excluding ortho intramolecular Hbond substituents is 2. The zero-order valence-electron chi connectivity index (χ0n) is 14.3. The molecule has 0 saturated carbocycles. The predicted octanol–water partition coefficient (Wildman–Crippen LogP) is 5.07. The van der Waals surface area contributed by atoms with Crippen LogP contribution >= 0.6 is 0 Å². The van der Waals surface area contributed by atoms with E-state index in [0.29, 0.717) is 16.5 Å². The van der Waals surface area contributed by atoms with Crippen LogP contribution in [0.1, 0.15) is 0 Å². The number of rotatable bonds is 3. The maximum absolute atomic E-state index is 11.6. The van der Waals surface area contributed by atoms with Crippen LogP contribution in [-0.2, 0) is 10.1 Å². The fourth-order valence-electron chi connectivity index (χ4n) is 3.07. The normalized spacial score (nSPS) is 12.2. The second kappa shape index (κ2) is 6.59. The smallest absolute Gasteiger partial charge is 0.295 e. The number of phenols is 2. The van der Waals surface area contributed by atoms with Crippen LogP contribution in [0.4, 0.5) is 11.4 Å². The summed E-state index contributed by atoms with van der Waals surface area (Å²) in [4.78, 5) is -0.408. The Morgan fingerprint density at radius 2 is 1.50 bits per heavy atom. The maximum Gasteiger partial charge on any atom is 0.295 e. The average molecular weight is 394 g/mol. The molecular weight excluding hydrogens is 380 g/mol. The molecule has 4 rings (SSSR count). The van der Waals surface area contributed by atoms with E-state index in [2.05, 4.69) is 10.2 Å². The molecule has 0 bridgehead atoms. The highest BCUT2D eigenvalue weighted by Crippen LogP contribution is 2.40. The Morgan fingerprint density at radius 3 is 2.25 bits per heavy atom. The Balaban J connectivity index is 1.92. The van der Waals surface area contributed by atoms with Gasteiger partial charge in [-0.2, -0.15) is 8.42 Å². The van der Waals surface area contributed by atoms with E-state index in [1.165, 1.54) is 6.07 Å². The van der Waals surface area contributed by atoms with Crippen molar-refractivity contribution in [2.45, 2.75) is 4.90 Å². The Bertz CT molecular complexity index is 1360. The van der Waals surface area contributed by atoms with Crippen LogP contribution < -0.4 is 0 Å². The van der Waals surface area contributed by atoms with Crippen molar-refractivity contribution in [3.63, 3.8) is 0 Å². The number of azo groups is 1. The molecule has 0 radical (unpaired) electrons. The van der Waals surface area contributed by atoms with E-state index in [1.807, 2.05) is 6.07 Å². The van der Waals surface area contributed by atoms with E-state index in [-0.39, 0.29) is 16.8 Å². The highest BCUT2D eigenvalue weighted by atomic mass is 32.2. The molecule has 0 amide bonds. The molecule has 0 aliphatic heterocycles. The number of nitrogens with zero attached hydrogens (tertiary/aromatic N) is 2. The zero-order valence-corrected chi connectivity index (χ0v) is 15.1. The molecule has 4 aromatic rings. The molecule has 0 aliphatic rings. The summed E-state index contributed by atoms with van der Waals surface area (Å²) in [6.45, 7) is 0. The lowest BCUT2D eigenvalue weighted by molar-refractivity contribution is 0.468. The molecule has 140 valence electrons. The van der Waals surface area contributed by atoms with Crippen molar-refractivity contribution in [1.29, 1.82) is 0 Å². The summed E-state index contributed by atoms with van der Waals surface area (Å²) in [5.74, 6) is -0.348. The first kappa shape index (κ1) is 17.9. The summed E-state index contributed by atoms with van der Waals surface area (Å²) < 4.78 is 32.7. The van der Waals surface area contributed by atoms with Crippen LogP contribution in [0, 0.1) is 0 Å². The van der Waals surface area contributed by atoms with Crippen LogP contribution in [0.15, 0.2) is 81.9 Å². The molecule has 4 aromatic carbocycles. The van der Waals surface area contributed by atoms with Crippen molar-refractivity contribution >= 4 is 43.0 Å². The molecule has 7 nitrogen and oxygen atoms in total. The molecule has 0 fully saturated rings. The lowest BCUT2D eigenvalue weighted by Gasteiger charge is -2.08. The molecule has 0 atom stereocenters. The van der Waals surface area contributed by atoms with Crippen LogP contribution in [0.2, 0.25) is 0 Å². The molecule has 0 unspecified atom stereocenters. The molecule has 0 saturated heterocycles. The van der Waals surface area contributed by atoms with Crippen LogP contribution in [0.3, 0.4) is 0 Å². The quantitative estimate of drug-likeness (QED) is 0.331. The van der Waals surface area contributed by atoms with E-state index in [1.54, 1.807) is 48.5 Å². The van der Waals surface area contributed by atoms with Crippen molar-refractivity contribution in [3.05, 3.63) is 66.7 Å². The van der Waals surface area contributed by atoms with E-state index >= 15 is 0 Å². The number of fused-ring (bicyclic) bond motifs is 2. The first-order valence-electron chi connectivity index (χ1n) is 8.20. The van der Waals surface area contributed by atoms with Gasteiger partial charge in [0, 0.05) is 22.2 Å². The van der Waals surface area contributed by atoms with Crippen molar-refractivity contribution in [2.75, 3.05) is 0 Å². The van der Waals surface area contributed by atoms with Gasteiger partial charge in [-0.3, -0.25) is 4.55 Å². The second-order valence-corrected chi connectivity index (χ2v) is 7.54. The van der Waals surface area contributed by atoms with Gasteiger partial charge in [0.15, 0.2) is 0 Å². The highest BCUT2D eigenvalue weighted by molar-refractivity contribution is 7.86. The van der Waals surface area contributed by atoms with Crippen LogP contribution in [-0.4, -0.2) is 23.2 Å². The minimum atomic E-state index is -4.53. The van der Waals surface area contributed by atoms with Crippen molar-refractivity contribution in [3.8, 4) is 11.5 Å². The monoisotopic (exact) mass is 394 g/mol. The summed E-state index contributed by atoms with van der Waals surface area (Å²) in [6.07, 6.45) is 0. The standard InChI is InChI=1S/C20H14N2O5S/c23-13-9-8-12-4-3-7-17(16(12)10-13)21-22-20-15-6-2-1-5-14(15)19(11-18(20)24)28(25,26)27/h1-11,23-24H,(H,25,26,27). The third-order valence-electron chi connectivity index (χ3n) is 4.34. The molecule has 0 spiro atoms. The minimum absolute atomic E-state index is 0.0696. The van der Waals surface area contributed by atoms with Gasteiger partial charge in [-0.05, 0) is 23.6 Å². The topological polar surface area (TPSA) is 120 Å².